The lowest BCUT2D eigenvalue weighted by atomic mass is 10.1. The minimum absolute atomic E-state index is 0.114. The van der Waals surface area contributed by atoms with Crippen LogP contribution in [0.1, 0.15) is 35.3 Å². The van der Waals surface area contributed by atoms with E-state index in [4.69, 9.17) is 14.2 Å². The number of carbonyl (C=O) groups excluding carboxylic acids is 1. The molecule has 0 aromatic heterocycles. The van der Waals surface area contributed by atoms with E-state index in [0.717, 1.165) is 55.3 Å². The fourth-order valence-electron chi connectivity index (χ4n) is 3.73. The number of quaternary nitrogens is 1. The van der Waals surface area contributed by atoms with Gasteiger partial charge in [-0.1, -0.05) is 12.1 Å². The summed E-state index contributed by atoms with van der Waals surface area (Å²) in [4.78, 5) is 16.3. The molecule has 2 aliphatic rings. The Morgan fingerprint density at radius 3 is 2.45 bits per heavy atom. The number of nitrogens with zero attached hydrogens (tertiary/aromatic N) is 1. The highest BCUT2D eigenvalue weighted by molar-refractivity contribution is 5.94. The molecule has 0 radical (unpaired) electrons. The number of rotatable bonds is 6. The van der Waals surface area contributed by atoms with Gasteiger partial charge in [0.1, 0.15) is 6.54 Å². The van der Waals surface area contributed by atoms with Crippen molar-refractivity contribution in [2.45, 2.75) is 33.1 Å². The molecule has 0 atom stereocenters. The Balaban J connectivity index is 1.28. The van der Waals surface area contributed by atoms with Crippen molar-refractivity contribution >= 4 is 5.91 Å². The lowest BCUT2D eigenvalue weighted by Gasteiger charge is -2.32. The number of piperazine rings is 1. The number of ether oxygens (including phenoxy) is 3. The first-order valence-corrected chi connectivity index (χ1v) is 10.3. The summed E-state index contributed by atoms with van der Waals surface area (Å²) in [6.07, 6.45) is 0.202. The Hall–Kier alpha value is -2.57. The molecule has 1 fully saturated rings. The molecule has 154 valence electrons. The third-order valence-corrected chi connectivity index (χ3v) is 5.43. The fourth-order valence-corrected chi connectivity index (χ4v) is 3.73. The molecule has 0 spiro atoms. The molecule has 2 aromatic carbocycles. The second kappa shape index (κ2) is 8.84. The van der Waals surface area contributed by atoms with E-state index in [2.05, 4.69) is 12.1 Å². The average Bonchev–Trinajstić information content (AvgIpc) is 3.20. The van der Waals surface area contributed by atoms with Crippen molar-refractivity contribution < 1.29 is 23.9 Å². The van der Waals surface area contributed by atoms with Gasteiger partial charge in [-0.3, -0.25) is 4.79 Å². The molecule has 4 rings (SSSR count). The SMILES string of the molecule is CC(C)OCc1ccc(C(=O)N2CC[NH+](Cc3ccc4c(c3)OCO4)CC2)cc1. The summed E-state index contributed by atoms with van der Waals surface area (Å²) in [5.74, 6) is 1.77. The van der Waals surface area contributed by atoms with Gasteiger partial charge in [-0.25, -0.2) is 0 Å². The third kappa shape index (κ3) is 4.89. The monoisotopic (exact) mass is 397 g/mol. The topological polar surface area (TPSA) is 52.4 Å². The zero-order chi connectivity index (χ0) is 20.2. The van der Waals surface area contributed by atoms with E-state index in [-0.39, 0.29) is 12.0 Å². The van der Waals surface area contributed by atoms with Gasteiger partial charge in [0, 0.05) is 11.1 Å². The average molecular weight is 397 g/mol. The number of carbonyl (C=O) groups is 1. The Bertz CT molecular complexity index is 842. The van der Waals surface area contributed by atoms with Crippen LogP contribution in [0.4, 0.5) is 0 Å². The summed E-state index contributed by atoms with van der Waals surface area (Å²) in [7, 11) is 0. The second-order valence-electron chi connectivity index (χ2n) is 7.96. The second-order valence-corrected chi connectivity index (χ2v) is 7.96. The van der Waals surface area contributed by atoms with Gasteiger partial charge in [0.25, 0.3) is 5.91 Å². The first kappa shape index (κ1) is 19.7. The van der Waals surface area contributed by atoms with Gasteiger partial charge >= 0.3 is 0 Å². The highest BCUT2D eigenvalue weighted by Crippen LogP contribution is 2.32. The summed E-state index contributed by atoms with van der Waals surface area (Å²) in [5.41, 5.74) is 3.08. The molecule has 1 N–H and O–H groups in total. The van der Waals surface area contributed by atoms with Crippen molar-refractivity contribution in [3.63, 3.8) is 0 Å². The van der Waals surface area contributed by atoms with Crippen LogP contribution in [0.2, 0.25) is 0 Å². The van der Waals surface area contributed by atoms with Gasteiger partial charge in [-0.05, 0) is 49.7 Å². The lowest BCUT2D eigenvalue weighted by molar-refractivity contribution is -0.917. The summed E-state index contributed by atoms with van der Waals surface area (Å²) >= 11 is 0. The van der Waals surface area contributed by atoms with E-state index >= 15 is 0 Å². The van der Waals surface area contributed by atoms with Crippen molar-refractivity contribution in [1.82, 2.24) is 4.90 Å². The fraction of sp³-hybridized carbons (Fsp3) is 0.435. The van der Waals surface area contributed by atoms with E-state index in [1.165, 1.54) is 10.5 Å². The number of nitrogens with one attached hydrogen (secondary N) is 1. The number of fused-ring (bicyclic) bond motifs is 1. The highest BCUT2D eigenvalue weighted by Gasteiger charge is 2.25. The van der Waals surface area contributed by atoms with Crippen molar-refractivity contribution in [3.8, 4) is 11.5 Å². The van der Waals surface area contributed by atoms with Gasteiger partial charge in [0.05, 0.1) is 38.9 Å². The maximum Gasteiger partial charge on any atom is 0.254 e. The predicted octanol–water partition coefficient (Wildman–Crippen LogP) is 1.88. The molecule has 0 bridgehead atoms. The van der Waals surface area contributed by atoms with Crippen molar-refractivity contribution in [3.05, 3.63) is 59.2 Å². The van der Waals surface area contributed by atoms with E-state index < -0.39 is 0 Å². The molecule has 0 aliphatic carbocycles. The standard InChI is InChI=1S/C23H28N2O4/c1-17(2)27-15-18-3-6-20(7-4-18)23(26)25-11-9-24(10-12-25)14-19-5-8-21-22(13-19)29-16-28-21/h3-8,13,17H,9-12,14-16H2,1-2H3/p+1. The van der Waals surface area contributed by atoms with Gasteiger partial charge in [0.15, 0.2) is 11.5 Å². The normalized spacial score (nSPS) is 16.4. The first-order valence-electron chi connectivity index (χ1n) is 10.3. The van der Waals surface area contributed by atoms with Crippen LogP contribution in [0.15, 0.2) is 42.5 Å². The van der Waals surface area contributed by atoms with Gasteiger partial charge < -0.3 is 24.0 Å². The van der Waals surface area contributed by atoms with E-state index in [9.17, 15) is 4.79 Å². The Kier molecular flexibility index (Phi) is 6.02. The van der Waals surface area contributed by atoms with Crippen LogP contribution in [-0.2, 0) is 17.9 Å². The molecule has 0 saturated carbocycles. The largest absolute Gasteiger partial charge is 0.454 e. The van der Waals surface area contributed by atoms with Crippen LogP contribution in [0, 0.1) is 0 Å². The lowest BCUT2D eigenvalue weighted by Crippen LogP contribution is -3.13. The summed E-state index contributed by atoms with van der Waals surface area (Å²) in [6.45, 7) is 9.29. The zero-order valence-corrected chi connectivity index (χ0v) is 17.1. The van der Waals surface area contributed by atoms with Crippen molar-refractivity contribution in [1.29, 1.82) is 0 Å². The number of benzene rings is 2. The molecule has 2 aromatic rings. The minimum atomic E-state index is 0.114. The van der Waals surface area contributed by atoms with Crippen LogP contribution >= 0.6 is 0 Å². The van der Waals surface area contributed by atoms with Gasteiger partial charge in [-0.15, -0.1) is 0 Å². The van der Waals surface area contributed by atoms with Gasteiger partial charge in [-0.2, -0.15) is 0 Å². The van der Waals surface area contributed by atoms with Crippen LogP contribution in [0.25, 0.3) is 0 Å². The quantitative estimate of drug-likeness (QED) is 0.809. The molecular weight excluding hydrogens is 368 g/mol. The number of hydrogen-bond donors (Lipinski definition) is 1. The van der Waals surface area contributed by atoms with Crippen molar-refractivity contribution in [2.24, 2.45) is 0 Å². The Morgan fingerprint density at radius 2 is 1.72 bits per heavy atom. The molecule has 2 heterocycles. The summed E-state index contributed by atoms with van der Waals surface area (Å²) in [5, 5.41) is 0. The first-order chi connectivity index (χ1) is 14.1. The predicted molar refractivity (Wildman–Crippen MR) is 109 cm³/mol. The molecule has 6 nitrogen and oxygen atoms in total. The maximum absolute atomic E-state index is 12.8. The van der Waals surface area contributed by atoms with Crippen LogP contribution in [0.3, 0.4) is 0 Å². The molecule has 1 amide bonds. The smallest absolute Gasteiger partial charge is 0.254 e. The zero-order valence-electron chi connectivity index (χ0n) is 17.1. The van der Waals surface area contributed by atoms with Crippen molar-refractivity contribution in [2.75, 3.05) is 33.0 Å². The Labute approximate surface area is 172 Å². The van der Waals surface area contributed by atoms with Crippen LogP contribution in [0.5, 0.6) is 11.5 Å². The third-order valence-electron chi connectivity index (χ3n) is 5.43. The van der Waals surface area contributed by atoms with Crippen LogP contribution < -0.4 is 14.4 Å². The summed E-state index contributed by atoms with van der Waals surface area (Å²) < 4.78 is 16.5. The number of amides is 1. The Morgan fingerprint density at radius 1 is 1.03 bits per heavy atom. The molecular formula is C23H29N2O4+. The molecule has 0 unspecified atom stereocenters. The minimum Gasteiger partial charge on any atom is -0.454 e. The molecule has 6 heteroatoms. The molecule has 29 heavy (non-hydrogen) atoms. The van der Waals surface area contributed by atoms with E-state index in [1.807, 2.05) is 49.1 Å². The number of hydrogen-bond acceptors (Lipinski definition) is 4. The van der Waals surface area contributed by atoms with Gasteiger partial charge in [0.2, 0.25) is 6.79 Å². The molecule has 2 aliphatic heterocycles. The highest BCUT2D eigenvalue weighted by atomic mass is 16.7. The molecule has 1 saturated heterocycles. The van der Waals surface area contributed by atoms with E-state index in [1.54, 1.807) is 0 Å². The van der Waals surface area contributed by atoms with E-state index in [0.29, 0.717) is 13.4 Å². The maximum atomic E-state index is 12.8. The summed E-state index contributed by atoms with van der Waals surface area (Å²) in [6, 6.07) is 13.9. The van der Waals surface area contributed by atoms with Crippen LogP contribution in [-0.4, -0.2) is 49.9 Å².